The van der Waals surface area contributed by atoms with Crippen molar-refractivity contribution >= 4 is 17.9 Å². The zero-order chi connectivity index (χ0) is 15.6. The topological polar surface area (TPSA) is 133 Å². The highest BCUT2D eigenvalue weighted by Crippen LogP contribution is 2.29. The van der Waals surface area contributed by atoms with Gasteiger partial charge in [0.2, 0.25) is 5.91 Å². The molecule has 1 saturated heterocycles. The van der Waals surface area contributed by atoms with Crippen molar-refractivity contribution in [3.63, 3.8) is 0 Å². The number of nitrogens with one attached hydrogen (secondary N) is 1. The van der Waals surface area contributed by atoms with E-state index in [0.29, 0.717) is 13.0 Å². The van der Waals surface area contributed by atoms with E-state index in [0.717, 1.165) is 0 Å². The van der Waals surface area contributed by atoms with Crippen LogP contribution in [0.4, 0.5) is 4.79 Å². The van der Waals surface area contributed by atoms with Crippen LogP contribution in [0.25, 0.3) is 0 Å². The highest BCUT2D eigenvalue weighted by molar-refractivity contribution is 5.83. The van der Waals surface area contributed by atoms with E-state index in [9.17, 15) is 19.5 Å². The lowest BCUT2D eigenvalue weighted by Gasteiger charge is -2.25. The number of nitrogens with two attached hydrogens (primary N) is 1. The molecule has 1 aliphatic heterocycles. The van der Waals surface area contributed by atoms with E-state index in [1.807, 2.05) is 0 Å². The molecule has 114 valence electrons. The number of likely N-dealkylation sites (tertiary alicyclic amines) is 1. The van der Waals surface area contributed by atoms with Crippen LogP contribution in [0.3, 0.4) is 0 Å². The molecular formula is C12H21N3O5. The number of hydrogen-bond acceptors (Lipinski definition) is 4. The summed E-state index contributed by atoms with van der Waals surface area (Å²) in [6.45, 7) is 3.46. The molecule has 0 aromatic rings. The quantitative estimate of drug-likeness (QED) is 0.521. The lowest BCUT2D eigenvalue weighted by molar-refractivity contribution is -0.141. The summed E-state index contributed by atoms with van der Waals surface area (Å²) >= 11 is 0. The third-order valence-electron chi connectivity index (χ3n) is 3.51. The minimum Gasteiger partial charge on any atom is -0.481 e. The zero-order valence-electron chi connectivity index (χ0n) is 11.7. The summed E-state index contributed by atoms with van der Waals surface area (Å²) in [4.78, 5) is 35.2. The Morgan fingerprint density at radius 2 is 2.05 bits per heavy atom. The molecule has 0 radical (unpaired) electrons. The van der Waals surface area contributed by atoms with Crippen molar-refractivity contribution in [3.05, 3.63) is 0 Å². The summed E-state index contributed by atoms with van der Waals surface area (Å²) in [6.07, 6.45) is 0.0214. The number of urea groups is 1. The van der Waals surface area contributed by atoms with Gasteiger partial charge >= 0.3 is 12.0 Å². The van der Waals surface area contributed by atoms with E-state index in [1.54, 1.807) is 6.92 Å². The normalized spacial score (nSPS) is 25.1. The zero-order valence-corrected chi connectivity index (χ0v) is 11.7. The number of hydrogen-bond donors (Lipinski definition) is 4. The fourth-order valence-corrected chi connectivity index (χ4v) is 2.10. The van der Waals surface area contributed by atoms with Gasteiger partial charge in [-0.05, 0) is 20.3 Å². The summed E-state index contributed by atoms with van der Waals surface area (Å²) in [5.41, 5.74) is 3.04. The predicted molar refractivity (Wildman–Crippen MR) is 69.8 cm³/mol. The number of carbonyl (C=O) groups excluding carboxylic acids is 2. The first-order chi connectivity index (χ1) is 9.06. The Kier molecular flexibility index (Phi) is 4.59. The van der Waals surface area contributed by atoms with Crippen molar-refractivity contribution in [3.8, 4) is 0 Å². The molecular weight excluding hydrogens is 266 g/mol. The monoisotopic (exact) mass is 287 g/mol. The van der Waals surface area contributed by atoms with Gasteiger partial charge in [-0.1, -0.05) is 0 Å². The number of primary amides is 1. The van der Waals surface area contributed by atoms with Crippen molar-refractivity contribution in [2.45, 2.75) is 32.3 Å². The Hall–Kier alpha value is -1.83. The lowest BCUT2D eigenvalue weighted by Crippen LogP contribution is -2.47. The maximum absolute atomic E-state index is 11.9. The van der Waals surface area contributed by atoms with E-state index in [-0.39, 0.29) is 13.1 Å². The molecule has 2 unspecified atom stereocenters. The van der Waals surface area contributed by atoms with Crippen molar-refractivity contribution < 1.29 is 24.6 Å². The SMILES string of the molecule is CC(O)(CNC(=O)N1CCC(C)(C(N)=O)C1)CC(=O)O. The molecule has 3 amide bonds. The van der Waals surface area contributed by atoms with Crippen molar-refractivity contribution in [2.24, 2.45) is 11.1 Å². The van der Waals surface area contributed by atoms with Crippen molar-refractivity contribution in [1.82, 2.24) is 10.2 Å². The summed E-state index contributed by atoms with van der Waals surface area (Å²) in [5.74, 6) is -1.60. The number of aliphatic hydroxyl groups is 1. The van der Waals surface area contributed by atoms with E-state index in [4.69, 9.17) is 10.8 Å². The fourth-order valence-electron chi connectivity index (χ4n) is 2.10. The average molecular weight is 287 g/mol. The molecule has 1 aliphatic rings. The molecule has 0 aliphatic carbocycles. The van der Waals surface area contributed by atoms with Crippen LogP contribution in [0.5, 0.6) is 0 Å². The Bertz CT molecular complexity index is 423. The molecule has 0 aromatic heterocycles. The smallest absolute Gasteiger partial charge is 0.317 e. The molecule has 8 nitrogen and oxygen atoms in total. The van der Waals surface area contributed by atoms with Gasteiger partial charge in [-0.2, -0.15) is 0 Å². The van der Waals surface area contributed by atoms with Gasteiger partial charge < -0.3 is 26.2 Å². The highest BCUT2D eigenvalue weighted by Gasteiger charge is 2.40. The average Bonchev–Trinajstić information content (AvgIpc) is 2.69. The standard InChI is InChI=1S/C12H21N3O5/c1-11(9(13)18)3-4-15(7-11)10(19)14-6-12(2,20)5-8(16)17/h20H,3-7H2,1-2H3,(H2,13,18)(H,14,19)(H,16,17). The second-order valence-corrected chi connectivity index (χ2v) is 5.82. The molecule has 20 heavy (non-hydrogen) atoms. The molecule has 0 bridgehead atoms. The van der Waals surface area contributed by atoms with Gasteiger partial charge in [0, 0.05) is 19.6 Å². The lowest BCUT2D eigenvalue weighted by atomic mass is 9.89. The minimum atomic E-state index is -1.52. The molecule has 8 heteroatoms. The predicted octanol–water partition coefficient (Wildman–Crippen LogP) is -0.881. The van der Waals surface area contributed by atoms with E-state index in [2.05, 4.69) is 5.32 Å². The van der Waals surface area contributed by atoms with Crippen LogP contribution in [-0.2, 0) is 9.59 Å². The first-order valence-corrected chi connectivity index (χ1v) is 6.33. The van der Waals surface area contributed by atoms with Crippen LogP contribution in [0.15, 0.2) is 0 Å². The van der Waals surface area contributed by atoms with Crippen molar-refractivity contribution in [1.29, 1.82) is 0 Å². The van der Waals surface area contributed by atoms with E-state index < -0.39 is 35.3 Å². The Balaban J connectivity index is 2.49. The van der Waals surface area contributed by atoms with Gasteiger partial charge in [0.05, 0.1) is 17.4 Å². The van der Waals surface area contributed by atoms with Gasteiger partial charge in [-0.15, -0.1) is 0 Å². The highest BCUT2D eigenvalue weighted by atomic mass is 16.4. The van der Waals surface area contributed by atoms with Gasteiger partial charge in [-0.3, -0.25) is 9.59 Å². The number of nitrogens with zero attached hydrogens (tertiary/aromatic N) is 1. The number of aliphatic carboxylic acids is 1. The van der Waals surface area contributed by atoms with Crippen molar-refractivity contribution in [2.75, 3.05) is 19.6 Å². The summed E-state index contributed by atoms with van der Waals surface area (Å²) in [6, 6.07) is -0.444. The third-order valence-corrected chi connectivity index (χ3v) is 3.51. The molecule has 1 rings (SSSR count). The number of rotatable bonds is 5. The van der Waals surface area contributed by atoms with Crippen LogP contribution in [0.2, 0.25) is 0 Å². The summed E-state index contributed by atoms with van der Waals surface area (Å²) < 4.78 is 0. The maximum atomic E-state index is 11.9. The Labute approximate surface area is 116 Å². The number of carbonyl (C=O) groups is 3. The molecule has 1 fully saturated rings. The van der Waals surface area contributed by atoms with E-state index >= 15 is 0 Å². The third kappa shape index (κ3) is 4.09. The van der Waals surface area contributed by atoms with Crippen LogP contribution >= 0.6 is 0 Å². The van der Waals surface area contributed by atoms with Crippen LogP contribution in [0.1, 0.15) is 26.7 Å². The first-order valence-electron chi connectivity index (χ1n) is 6.33. The second-order valence-electron chi connectivity index (χ2n) is 5.82. The second kappa shape index (κ2) is 5.66. The Morgan fingerprint density at radius 1 is 1.45 bits per heavy atom. The molecule has 0 spiro atoms. The van der Waals surface area contributed by atoms with Crippen LogP contribution in [-0.4, -0.2) is 58.3 Å². The Morgan fingerprint density at radius 3 is 2.50 bits per heavy atom. The van der Waals surface area contributed by atoms with Crippen LogP contribution < -0.4 is 11.1 Å². The van der Waals surface area contributed by atoms with Gasteiger partial charge in [-0.25, -0.2) is 4.79 Å². The maximum Gasteiger partial charge on any atom is 0.317 e. The molecule has 5 N–H and O–H groups in total. The summed E-state index contributed by atoms with van der Waals surface area (Å²) in [7, 11) is 0. The largest absolute Gasteiger partial charge is 0.481 e. The number of carboxylic acids is 1. The summed E-state index contributed by atoms with van der Waals surface area (Å²) in [5, 5.41) is 20.9. The first kappa shape index (κ1) is 16.2. The number of carboxylic acid groups (broad SMARTS) is 1. The molecule has 2 atom stereocenters. The van der Waals surface area contributed by atoms with Gasteiger partial charge in [0.15, 0.2) is 0 Å². The van der Waals surface area contributed by atoms with E-state index in [1.165, 1.54) is 11.8 Å². The molecule has 0 aromatic carbocycles. The fraction of sp³-hybridized carbons (Fsp3) is 0.750. The van der Waals surface area contributed by atoms with Gasteiger partial charge in [0.1, 0.15) is 0 Å². The number of amides is 3. The molecule has 0 saturated carbocycles. The minimum absolute atomic E-state index is 0.179. The van der Waals surface area contributed by atoms with Gasteiger partial charge in [0.25, 0.3) is 0 Å². The molecule has 1 heterocycles. The van der Waals surface area contributed by atoms with Crippen LogP contribution in [0, 0.1) is 5.41 Å².